The van der Waals surface area contributed by atoms with Crippen LogP contribution in [0.4, 0.5) is 15.8 Å². The van der Waals surface area contributed by atoms with Crippen LogP contribution >= 0.6 is 0 Å². The lowest BCUT2D eigenvalue weighted by Gasteiger charge is -2.11. The number of aryl methyl sites for hydroxylation is 2. The molecule has 0 aromatic heterocycles. The first-order valence-corrected chi connectivity index (χ1v) is 10.8. The van der Waals surface area contributed by atoms with Gasteiger partial charge in [-0.3, -0.25) is 14.4 Å². The summed E-state index contributed by atoms with van der Waals surface area (Å²) in [6.45, 7) is 3.36. The van der Waals surface area contributed by atoms with Gasteiger partial charge in [-0.25, -0.2) is 9.82 Å². The quantitative estimate of drug-likeness (QED) is 0.253. The molecule has 3 aromatic carbocycles. The van der Waals surface area contributed by atoms with Gasteiger partial charge in [-0.1, -0.05) is 18.2 Å². The molecule has 0 fully saturated rings. The van der Waals surface area contributed by atoms with Crippen molar-refractivity contribution >= 4 is 35.3 Å². The monoisotopic (exact) mass is 492 g/mol. The van der Waals surface area contributed by atoms with Crippen LogP contribution in [0.2, 0.25) is 0 Å². The number of halogens is 1. The molecular formula is C26H25FN4O5. The third-order valence-corrected chi connectivity index (χ3v) is 4.98. The van der Waals surface area contributed by atoms with Crippen molar-refractivity contribution in [2.24, 2.45) is 5.10 Å². The number of anilines is 2. The Kier molecular flexibility index (Phi) is 8.71. The van der Waals surface area contributed by atoms with E-state index in [1.54, 1.807) is 18.2 Å². The van der Waals surface area contributed by atoms with E-state index in [9.17, 15) is 18.8 Å². The molecule has 0 atom stereocenters. The fourth-order valence-electron chi connectivity index (χ4n) is 3.16. The van der Waals surface area contributed by atoms with E-state index >= 15 is 0 Å². The first kappa shape index (κ1) is 25.9. The van der Waals surface area contributed by atoms with Crippen molar-refractivity contribution in [3.8, 4) is 11.5 Å². The number of hydrogen-bond donors (Lipinski definition) is 3. The molecule has 186 valence electrons. The first-order chi connectivity index (χ1) is 17.3. The zero-order chi connectivity index (χ0) is 26.1. The Bertz CT molecular complexity index is 1270. The maximum Gasteiger partial charge on any atom is 0.329 e. The number of hydrogen-bond acceptors (Lipinski definition) is 6. The average Bonchev–Trinajstić information content (AvgIpc) is 2.86. The summed E-state index contributed by atoms with van der Waals surface area (Å²) in [6, 6.07) is 15.6. The Hall–Kier alpha value is -4.73. The molecule has 3 aromatic rings. The zero-order valence-electron chi connectivity index (χ0n) is 19.9. The fraction of sp³-hybridized carbons (Fsp3) is 0.154. The van der Waals surface area contributed by atoms with Crippen molar-refractivity contribution in [3.63, 3.8) is 0 Å². The minimum Gasteiger partial charge on any atom is -0.493 e. The summed E-state index contributed by atoms with van der Waals surface area (Å²) < 4.78 is 23.8. The van der Waals surface area contributed by atoms with Gasteiger partial charge in [0, 0.05) is 11.4 Å². The SMILES string of the molecule is COc1cc(/C=N\NC(=O)C(=O)Nc2c(C)cccc2C)ccc1OCC(=O)Nc1ccc(F)cc1. The Labute approximate surface area is 207 Å². The summed E-state index contributed by atoms with van der Waals surface area (Å²) in [5, 5.41) is 8.98. The van der Waals surface area contributed by atoms with E-state index < -0.39 is 23.5 Å². The maximum absolute atomic E-state index is 13.0. The molecule has 0 saturated carbocycles. The summed E-state index contributed by atoms with van der Waals surface area (Å²) >= 11 is 0. The summed E-state index contributed by atoms with van der Waals surface area (Å²) in [7, 11) is 1.43. The van der Waals surface area contributed by atoms with E-state index in [0.717, 1.165) is 11.1 Å². The van der Waals surface area contributed by atoms with E-state index in [1.807, 2.05) is 32.0 Å². The Balaban J connectivity index is 1.54. The van der Waals surface area contributed by atoms with Crippen molar-refractivity contribution in [3.05, 3.63) is 83.2 Å². The van der Waals surface area contributed by atoms with Crippen LogP contribution in [-0.2, 0) is 14.4 Å². The standard InChI is InChI=1S/C26H25FN4O5/c1-16-5-4-6-17(2)24(16)30-25(33)26(34)31-28-14-18-7-12-21(22(13-18)35-3)36-15-23(32)29-20-10-8-19(27)9-11-20/h4-14H,15H2,1-3H3,(H,29,32)(H,30,33)(H,31,34)/b28-14-. The highest BCUT2D eigenvalue weighted by molar-refractivity contribution is 6.39. The van der Waals surface area contributed by atoms with Gasteiger partial charge in [0.05, 0.1) is 13.3 Å². The zero-order valence-corrected chi connectivity index (χ0v) is 19.9. The van der Waals surface area contributed by atoms with Gasteiger partial charge in [0.1, 0.15) is 5.82 Å². The summed E-state index contributed by atoms with van der Waals surface area (Å²) in [6.07, 6.45) is 1.33. The third-order valence-electron chi connectivity index (χ3n) is 4.98. The van der Waals surface area contributed by atoms with Gasteiger partial charge in [0.15, 0.2) is 18.1 Å². The van der Waals surface area contributed by atoms with Crippen molar-refractivity contribution in [1.29, 1.82) is 0 Å². The molecule has 3 rings (SSSR count). The van der Waals surface area contributed by atoms with Crippen molar-refractivity contribution in [2.45, 2.75) is 13.8 Å². The predicted octanol–water partition coefficient (Wildman–Crippen LogP) is 3.56. The number of rotatable bonds is 8. The van der Waals surface area contributed by atoms with E-state index in [4.69, 9.17) is 9.47 Å². The third kappa shape index (κ3) is 7.13. The number of benzene rings is 3. The molecule has 36 heavy (non-hydrogen) atoms. The molecule has 3 N–H and O–H groups in total. The van der Waals surface area contributed by atoms with Crippen LogP contribution < -0.4 is 25.5 Å². The number of hydrazone groups is 1. The molecule has 0 saturated heterocycles. The molecule has 3 amide bonds. The number of carbonyl (C=O) groups is 3. The molecule has 0 aliphatic carbocycles. The van der Waals surface area contributed by atoms with Crippen LogP contribution in [0.25, 0.3) is 0 Å². The molecule has 0 aliphatic heterocycles. The number of ether oxygens (including phenoxy) is 2. The van der Waals surface area contributed by atoms with Crippen molar-refractivity contribution < 1.29 is 28.2 Å². The second kappa shape index (κ2) is 12.1. The minimum atomic E-state index is -0.923. The fourth-order valence-corrected chi connectivity index (χ4v) is 3.16. The highest BCUT2D eigenvalue weighted by atomic mass is 19.1. The van der Waals surface area contributed by atoms with Gasteiger partial charge in [-0.05, 0) is 73.0 Å². The Morgan fingerprint density at radius 1 is 0.917 bits per heavy atom. The van der Waals surface area contributed by atoms with Crippen LogP contribution in [0.15, 0.2) is 65.8 Å². The number of carbonyl (C=O) groups excluding carboxylic acids is 3. The second-order valence-corrected chi connectivity index (χ2v) is 7.67. The molecule has 9 nitrogen and oxygen atoms in total. The summed E-state index contributed by atoms with van der Waals surface area (Å²) in [5.41, 5.74) is 5.41. The smallest absolute Gasteiger partial charge is 0.329 e. The lowest BCUT2D eigenvalue weighted by molar-refractivity contribution is -0.136. The number of amides is 3. The number of para-hydroxylation sites is 1. The van der Waals surface area contributed by atoms with E-state index in [0.29, 0.717) is 28.4 Å². The van der Waals surface area contributed by atoms with Gasteiger partial charge in [-0.2, -0.15) is 5.10 Å². The van der Waals surface area contributed by atoms with E-state index in [2.05, 4.69) is 21.2 Å². The van der Waals surface area contributed by atoms with Crippen LogP contribution in [-0.4, -0.2) is 37.7 Å². The van der Waals surface area contributed by atoms with Crippen molar-refractivity contribution in [1.82, 2.24) is 5.43 Å². The lowest BCUT2D eigenvalue weighted by atomic mass is 10.1. The van der Waals surface area contributed by atoms with Gasteiger partial charge < -0.3 is 20.1 Å². The maximum atomic E-state index is 13.0. The van der Waals surface area contributed by atoms with E-state index in [-0.39, 0.29) is 6.61 Å². The second-order valence-electron chi connectivity index (χ2n) is 7.67. The molecular weight excluding hydrogens is 467 g/mol. The van der Waals surface area contributed by atoms with Gasteiger partial charge in [0.25, 0.3) is 5.91 Å². The molecule has 0 bridgehead atoms. The lowest BCUT2D eigenvalue weighted by Crippen LogP contribution is -2.32. The highest BCUT2D eigenvalue weighted by Crippen LogP contribution is 2.27. The topological polar surface area (TPSA) is 118 Å². The molecule has 0 heterocycles. The summed E-state index contributed by atoms with van der Waals surface area (Å²) in [4.78, 5) is 36.4. The van der Waals surface area contributed by atoms with Gasteiger partial charge >= 0.3 is 11.8 Å². The molecule has 0 unspecified atom stereocenters. The summed E-state index contributed by atoms with van der Waals surface area (Å²) in [5.74, 6) is -1.97. The van der Waals surface area contributed by atoms with Crippen molar-refractivity contribution in [2.75, 3.05) is 24.4 Å². The first-order valence-electron chi connectivity index (χ1n) is 10.8. The number of nitrogens with one attached hydrogen (secondary N) is 3. The van der Waals surface area contributed by atoms with Crippen LogP contribution in [0.3, 0.4) is 0 Å². The van der Waals surface area contributed by atoms with Crippen LogP contribution in [0.1, 0.15) is 16.7 Å². The molecule has 0 spiro atoms. The Morgan fingerprint density at radius 2 is 1.61 bits per heavy atom. The van der Waals surface area contributed by atoms with Crippen LogP contribution in [0.5, 0.6) is 11.5 Å². The highest BCUT2D eigenvalue weighted by Gasteiger charge is 2.15. The molecule has 0 aliphatic rings. The Morgan fingerprint density at radius 3 is 2.28 bits per heavy atom. The molecule has 0 radical (unpaired) electrons. The predicted molar refractivity (Wildman–Crippen MR) is 134 cm³/mol. The number of nitrogens with zero attached hydrogens (tertiary/aromatic N) is 1. The van der Waals surface area contributed by atoms with Gasteiger partial charge in [-0.15, -0.1) is 0 Å². The minimum absolute atomic E-state index is 0.299. The van der Waals surface area contributed by atoms with Gasteiger partial charge in [0.2, 0.25) is 0 Å². The van der Waals surface area contributed by atoms with Crippen LogP contribution in [0, 0.1) is 19.7 Å². The normalized spacial score (nSPS) is 10.6. The molecule has 10 heteroatoms. The number of methoxy groups -OCH3 is 1. The average molecular weight is 493 g/mol. The largest absolute Gasteiger partial charge is 0.493 e. The van der Waals surface area contributed by atoms with E-state index in [1.165, 1.54) is 37.6 Å².